The Morgan fingerprint density at radius 3 is 2.43 bits per heavy atom. The average Bonchev–Trinajstić information content (AvgIpc) is 2.41. The Labute approximate surface area is 134 Å². The first kappa shape index (κ1) is 18.5. The van der Waals surface area contributed by atoms with Gasteiger partial charge in [-0.2, -0.15) is 0 Å². The van der Waals surface area contributed by atoms with E-state index in [1.165, 1.54) is 12.1 Å². The molecular formula is C12H17Cl2NO5S. The van der Waals surface area contributed by atoms with Crippen molar-refractivity contribution in [3.8, 4) is 5.75 Å². The highest BCUT2D eigenvalue weighted by Gasteiger charge is 2.18. The van der Waals surface area contributed by atoms with Crippen molar-refractivity contribution in [2.45, 2.75) is 11.3 Å². The number of ether oxygens (including phenoxy) is 3. The van der Waals surface area contributed by atoms with Gasteiger partial charge in [0.1, 0.15) is 15.7 Å². The van der Waals surface area contributed by atoms with E-state index >= 15 is 0 Å². The molecule has 0 spiro atoms. The maximum atomic E-state index is 11.3. The fourth-order valence-corrected chi connectivity index (χ4v) is 2.80. The third-order valence-corrected chi connectivity index (χ3v) is 4.37. The van der Waals surface area contributed by atoms with E-state index < -0.39 is 10.0 Å². The summed E-state index contributed by atoms with van der Waals surface area (Å²) in [6.07, 6.45) is 0.647. The first-order valence-corrected chi connectivity index (χ1v) is 8.38. The summed E-state index contributed by atoms with van der Waals surface area (Å²) < 4.78 is 38.1. The van der Waals surface area contributed by atoms with E-state index in [1.807, 2.05) is 0 Å². The first-order chi connectivity index (χ1) is 9.88. The molecule has 0 heterocycles. The first-order valence-electron chi connectivity index (χ1n) is 6.08. The molecule has 1 rings (SSSR count). The summed E-state index contributed by atoms with van der Waals surface area (Å²) in [5.74, 6) is 0.297. The number of benzene rings is 1. The second-order valence-corrected chi connectivity index (χ2v) is 6.33. The average molecular weight is 358 g/mol. The number of primary sulfonamides is 1. The summed E-state index contributed by atoms with van der Waals surface area (Å²) in [5.41, 5.74) is 0. The molecule has 2 N–H and O–H groups in total. The molecular weight excluding hydrogens is 341 g/mol. The van der Waals surface area contributed by atoms with Gasteiger partial charge in [0, 0.05) is 20.1 Å². The molecule has 120 valence electrons. The standard InChI is InChI=1S/C12H17Cl2NO5S/c1-18-7-8-19-5-2-6-20-9-3-4-10(21(15,16)17)12(14)11(9)13/h3-4H,2,5-8H2,1H3,(H2,15,16,17). The molecule has 0 amide bonds. The summed E-state index contributed by atoms with van der Waals surface area (Å²) in [6.45, 7) is 1.94. The Morgan fingerprint density at radius 1 is 1.10 bits per heavy atom. The van der Waals surface area contributed by atoms with Crippen LogP contribution in [0, 0.1) is 0 Å². The zero-order valence-corrected chi connectivity index (χ0v) is 13.8. The summed E-state index contributed by atoms with van der Waals surface area (Å²) in [5, 5.41) is 4.89. The molecule has 0 aliphatic heterocycles. The molecule has 0 saturated carbocycles. The van der Waals surface area contributed by atoms with Gasteiger partial charge in [0.15, 0.2) is 0 Å². The van der Waals surface area contributed by atoms with Gasteiger partial charge in [0.05, 0.1) is 24.8 Å². The minimum absolute atomic E-state index is 0.0171. The molecule has 1 aromatic carbocycles. The quantitative estimate of drug-likeness (QED) is 0.683. The van der Waals surface area contributed by atoms with Crippen molar-refractivity contribution in [3.05, 3.63) is 22.2 Å². The van der Waals surface area contributed by atoms with Crippen LogP contribution in [0.1, 0.15) is 6.42 Å². The minimum Gasteiger partial charge on any atom is -0.492 e. The second-order valence-electron chi connectivity index (χ2n) is 4.04. The maximum absolute atomic E-state index is 11.3. The lowest BCUT2D eigenvalue weighted by molar-refractivity contribution is 0.0644. The summed E-state index contributed by atoms with van der Waals surface area (Å²) in [4.78, 5) is -0.232. The molecule has 0 bridgehead atoms. The van der Waals surface area contributed by atoms with Crippen molar-refractivity contribution < 1.29 is 22.6 Å². The largest absolute Gasteiger partial charge is 0.492 e. The van der Waals surface area contributed by atoms with Crippen LogP contribution in [-0.4, -0.2) is 42.0 Å². The lowest BCUT2D eigenvalue weighted by Gasteiger charge is -2.11. The molecule has 0 radical (unpaired) electrons. The summed E-state index contributed by atoms with van der Waals surface area (Å²) in [7, 11) is -2.31. The van der Waals surface area contributed by atoms with Gasteiger partial charge in [0.2, 0.25) is 10.0 Å². The van der Waals surface area contributed by atoms with Crippen LogP contribution < -0.4 is 9.88 Å². The van der Waals surface area contributed by atoms with Crippen molar-refractivity contribution in [2.75, 3.05) is 33.5 Å². The number of methoxy groups -OCH3 is 1. The molecule has 9 heteroatoms. The topological polar surface area (TPSA) is 87.8 Å². The van der Waals surface area contributed by atoms with Gasteiger partial charge in [-0.3, -0.25) is 0 Å². The van der Waals surface area contributed by atoms with E-state index in [1.54, 1.807) is 7.11 Å². The Balaban J connectivity index is 2.52. The van der Waals surface area contributed by atoms with Gasteiger partial charge in [0.25, 0.3) is 0 Å². The normalized spacial score (nSPS) is 11.6. The Morgan fingerprint density at radius 2 is 1.81 bits per heavy atom. The van der Waals surface area contributed by atoms with Gasteiger partial charge in [-0.1, -0.05) is 23.2 Å². The van der Waals surface area contributed by atoms with E-state index in [4.69, 9.17) is 42.6 Å². The van der Waals surface area contributed by atoms with Gasteiger partial charge in [-0.25, -0.2) is 13.6 Å². The Hall–Kier alpha value is -0.570. The number of rotatable bonds is 9. The van der Waals surface area contributed by atoms with E-state index in [9.17, 15) is 8.42 Å². The SMILES string of the molecule is COCCOCCCOc1ccc(S(N)(=O)=O)c(Cl)c1Cl. The van der Waals surface area contributed by atoms with Crippen molar-refractivity contribution in [1.82, 2.24) is 0 Å². The second kappa shape index (κ2) is 8.77. The number of sulfonamides is 1. The lowest BCUT2D eigenvalue weighted by Crippen LogP contribution is -2.13. The highest BCUT2D eigenvalue weighted by Crippen LogP contribution is 2.36. The highest BCUT2D eigenvalue weighted by atomic mass is 35.5. The number of nitrogens with two attached hydrogens (primary N) is 1. The lowest BCUT2D eigenvalue weighted by atomic mass is 10.3. The maximum Gasteiger partial charge on any atom is 0.239 e. The van der Waals surface area contributed by atoms with E-state index in [2.05, 4.69) is 0 Å². The van der Waals surface area contributed by atoms with Crippen LogP contribution >= 0.6 is 23.2 Å². The zero-order chi connectivity index (χ0) is 15.9. The predicted octanol–water partition coefficient (Wildman–Crippen LogP) is 2.07. The summed E-state index contributed by atoms with van der Waals surface area (Å²) in [6, 6.07) is 2.67. The van der Waals surface area contributed by atoms with Crippen molar-refractivity contribution in [1.29, 1.82) is 0 Å². The smallest absolute Gasteiger partial charge is 0.239 e. The molecule has 0 aromatic heterocycles. The van der Waals surface area contributed by atoms with Crippen LogP contribution in [0.15, 0.2) is 17.0 Å². The van der Waals surface area contributed by atoms with Crippen LogP contribution in [0.3, 0.4) is 0 Å². The molecule has 0 saturated heterocycles. The molecule has 0 unspecified atom stereocenters. The molecule has 0 fully saturated rings. The fourth-order valence-electron chi connectivity index (χ4n) is 1.43. The Kier molecular flexibility index (Phi) is 7.72. The van der Waals surface area contributed by atoms with Gasteiger partial charge >= 0.3 is 0 Å². The number of hydrogen-bond donors (Lipinski definition) is 1. The number of halogens is 2. The van der Waals surface area contributed by atoms with Crippen LogP contribution in [0.4, 0.5) is 0 Å². The van der Waals surface area contributed by atoms with Crippen LogP contribution in [0.25, 0.3) is 0 Å². The molecule has 1 aromatic rings. The van der Waals surface area contributed by atoms with E-state index in [0.717, 1.165) is 0 Å². The third kappa shape index (κ3) is 5.98. The van der Waals surface area contributed by atoms with Crippen molar-refractivity contribution in [3.63, 3.8) is 0 Å². The van der Waals surface area contributed by atoms with Crippen LogP contribution in [-0.2, 0) is 19.5 Å². The fraction of sp³-hybridized carbons (Fsp3) is 0.500. The van der Waals surface area contributed by atoms with E-state index in [0.29, 0.717) is 38.6 Å². The molecule has 0 aliphatic carbocycles. The number of hydrogen-bond acceptors (Lipinski definition) is 5. The highest BCUT2D eigenvalue weighted by molar-refractivity contribution is 7.89. The third-order valence-electron chi connectivity index (χ3n) is 2.44. The monoisotopic (exact) mass is 357 g/mol. The van der Waals surface area contributed by atoms with E-state index in [-0.39, 0.29) is 14.9 Å². The molecule has 6 nitrogen and oxygen atoms in total. The van der Waals surface area contributed by atoms with Crippen LogP contribution in [0.2, 0.25) is 10.0 Å². The summed E-state index contributed by atoms with van der Waals surface area (Å²) >= 11 is 11.8. The van der Waals surface area contributed by atoms with Crippen molar-refractivity contribution >= 4 is 33.2 Å². The van der Waals surface area contributed by atoms with Gasteiger partial charge < -0.3 is 14.2 Å². The molecule has 0 aliphatic rings. The zero-order valence-electron chi connectivity index (χ0n) is 11.5. The van der Waals surface area contributed by atoms with Crippen LogP contribution in [0.5, 0.6) is 5.75 Å². The molecule has 0 atom stereocenters. The predicted molar refractivity (Wildman–Crippen MR) is 80.6 cm³/mol. The Bertz CT molecular complexity index is 565. The minimum atomic E-state index is -3.91. The van der Waals surface area contributed by atoms with Crippen molar-refractivity contribution in [2.24, 2.45) is 5.14 Å². The van der Waals surface area contributed by atoms with Gasteiger partial charge in [-0.15, -0.1) is 0 Å². The molecule has 21 heavy (non-hydrogen) atoms. The van der Waals surface area contributed by atoms with Gasteiger partial charge in [-0.05, 0) is 12.1 Å².